The average molecular weight is 230 g/mol. The molecule has 3 rings (SSSR count). The van der Waals surface area contributed by atoms with Crippen LogP contribution in [0.2, 0.25) is 0 Å². The fraction of sp³-hybridized carbons (Fsp3) is 0.385. The lowest BCUT2D eigenvalue weighted by Crippen LogP contribution is -2.19. The monoisotopic (exact) mass is 230 g/mol. The molecule has 1 heterocycles. The van der Waals surface area contributed by atoms with Gasteiger partial charge >= 0.3 is 0 Å². The minimum Gasteiger partial charge on any atom is -0.476 e. The van der Waals surface area contributed by atoms with E-state index in [0.717, 1.165) is 23.8 Å². The van der Waals surface area contributed by atoms with Crippen molar-refractivity contribution in [3.05, 3.63) is 23.8 Å². The van der Waals surface area contributed by atoms with E-state index in [1.165, 1.54) is 19.3 Å². The summed E-state index contributed by atoms with van der Waals surface area (Å²) in [6.07, 6.45) is 4.65. The van der Waals surface area contributed by atoms with Crippen molar-refractivity contribution in [2.24, 2.45) is 5.92 Å². The first-order chi connectivity index (χ1) is 8.36. The summed E-state index contributed by atoms with van der Waals surface area (Å²) in [6, 6.07) is 5.42. The number of H-pyrrole nitrogens is 1. The lowest BCUT2D eigenvalue weighted by atomic mass is 9.86. The van der Waals surface area contributed by atoms with Gasteiger partial charge in [-0.2, -0.15) is 0 Å². The zero-order chi connectivity index (χ0) is 11.7. The number of aldehydes is 1. The van der Waals surface area contributed by atoms with Gasteiger partial charge in [-0.05, 0) is 37.0 Å². The van der Waals surface area contributed by atoms with Gasteiger partial charge in [0.25, 0.3) is 0 Å². The van der Waals surface area contributed by atoms with E-state index in [9.17, 15) is 4.79 Å². The maximum absolute atomic E-state index is 10.7. The third-order valence-electron chi connectivity index (χ3n) is 3.37. The number of aromatic nitrogens is 2. The van der Waals surface area contributed by atoms with Gasteiger partial charge in [0.1, 0.15) is 6.29 Å². The molecule has 1 aromatic carbocycles. The Bertz CT molecular complexity index is 543. The molecule has 0 unspecified atom stereocenters. The lowest BCUT2D eigenvalue weighted by Gasteiger charge is -2.24. The molecule has 4 nitrogen and oxygen atoms in total. The molecular weight excluding hydrogens is 216 g/mol. The Morgan fingerprint density at radius 3 is 3.06 bits per heavy atom. The number of nitrogens with one attached hydrogen (secondary N) is 1. The van der Waals surface area contributed by atoms with Crippen LogP contribution in [0.15, 0.2) is 18.2 Å². The third-order valence-corrected chi connectivity index (χ3v) is 3.37. The minimum atomic E-state index is 0.607. The van der Waals surface area contributed by atoms with Crippen molar-refractivity contribution in [1.82, 2.24) is 10.2 Å². The second-order valence-electron chi connectivity index (χ2n) is 4.56. The summed E-state index contributed by atoms with van der Waals surface area (Å²) in [5, 5.41) is 7.93. The highest BCUT2D eigenvalue weighted by atomic mass is 16.5. The Labute approximate surface area is 99.0 Å². The predicted octanol–water partition coefficient (Wildman–Crippen LogP) is 2.55. The van der Waals surface area contributed by atoms with E-state index in [2.05, 4.69) is 10.2 Å². The number of rotatable bonds is 4. The standard InChI is InChI=1S/C13H14N2O2/c16-7-10-4-5-12-11(6-10)13(15-14-12)17-8-9-2-1-3-9/h4-7,9H,1-3,8H2,(H,14,15). The van der Waals surface area contributed by atoms with Crippen LogP contribution in [-0.2, 0) is 0 Å². The van der Waals surface area contributed by atoms with E-state index in [1.807, 2.05) is 12.1 Å². The topological polar surface area (TPSA) is 55.0 Å². The van der Waals surface area contributed by atoms with Crippen LogP contribution in [0.1, 0.15) is 29.6 Å². The molecule has 1 saturated carbocycles. The van der Waals surface area contributed by atoms with Crippen molar-refractivity contribution >= 4 is 17.2 Å². The minimum absolute atomic E-state index is 0.607. The second kappa shape index (κ2) is 4.20. The van der Waals surface area contributed by atoms with E-state index in [1.54, 1.807) is 6.07 Å². The van der Waals surface area contributed by atoms with Gasteiger partial charge in [0.2, 0.25) is 5.88 Å². The van der Waals surface area contributed by atoms with E-state index in [-0.39, 0.29) is 0 Å². The highest BCUT2D eigenvalue weighted by Crippen LogP contribution is 2.29. The third kappa shape index (κ3) is 1.90. The maximum Gasteiger partial charge on any atom is 0.240 e. The van der Waals surface area contributed by atoms with E-state index in [0.29, 0.717) is 17.4 Å². The number of nitrogens with zero attached hydrogens (tertiary/aromatic N) is 1. The van der Waals surface area contributed by atoms with Crippen molar-refractivity contribution in [3.8, 4) is 5.88 Å². The molecule has 1 fully saturated rings. The molecule has 0 spiro atoms. The fourth-order valence-electron chi connectivity index (χ4n) is 2.05. The zero-order valence-electron chi connectivity index (χ0n) is 9.48. The number of hydrogen-bond acceptors (Lipinski definition) is 3. The molecule has 0 bridgehead atoms. The van der Waals surface area contributed by atoms with Crippen LogP contribution in [0.25, 0.3) is 10.9 Å². The molecule has 0 saturated heterocycles. The second-order valence-corrected chi connectivity index (χ2v) is 4.56. The van der Waals surface area contributed by atoms with Crippen LogP contribution in [0.5, 0.6) is 5.88 Å². The van der Waals surface area contributed by atoms with Gasteiger partial charge in [-0.1, -0.05) is 6.42 Å². The van der Waals surface area contributed by atoms with Crippen molar-refractivity contribution in [2.75, 3.05) is 6.61 Å². The number of carbonyl (C=O) groups is 1. The first-order valence-electron chi connectivity index (χ1n) is 5.93. The maximum atomic E-state index is 10.7. The van der Waals surface area contributed by atoms with E-state index >= 15 is 0 Å². The normalized spacial score (nSPS) is 15.8. The van der Waals surface area contributed by atoms with Gasteiger partial charge < -0.3 is 4.74 Å². The predicted molar refractivity (Wildman–Crippen MR) is 64.3 cm³/mol. The first kappa shape index (κ1) is 10.3. The van der Waals surface area contributed by atoms with Crippen LogP contribution in [0.3, 0.4) is 0 Å². The smallest absolute Gasteiger partial charge is 0.240 e. The van der Waals surface area contributed by atoms with Gasteiger partial charge in [-0.15, -0.1) is 5.10 Å². The highest BCUT2D eigenvalue weighted by Gasteiger charge is 2.19. The van der Waals surface area contributed by atoms with Crippen molar-refractivity contribution in [1.29, 1.82) is 0 Å². The Hall–Kier alpha value is -1.84. The summed E-state index contributed by atoms with van der Waals surface area (Å²) < 4.78 is 5.70. The number of benzene rings is 1. The molecule has 0 atom stereocenters. The van der Waals surface area contributed by atoms with Crippen LogP contribution < -0.4 is 4.74 Å². The molecule has 0 amide bonds. The van der Waals surface area contributed by atoms with Crippen LogP contribution in [-0.4, -0.2) is 23.1 Å². The average Bonchev–Trinajstić information content (AvgIpc) is 2.69. The van der Waals surface area contributed by atoms with Gasteiger partial charge in [0.05, 0.1) is 17.5 Å². The molecule has 0 aliphatic heterocycles. The lowest BCUT2D eigenvalue weighted by molar-refractivity contribution is 0.112. The number of aromatic amines is 1. The molecule has 0 radical (unpaired) electrons. The summed E-state index contributed by atoms with van der Waals surface area (Å²) in [6.45, 7) is 0.727. The van der Waals surface area contributed by atoms with Crippen LogP contribution in [0.4, 0.5) is 0 Å². The van der Waals surface area contributed by atoms with E-state index in [4.69, 9.17) is 4.74 Å². The Morgan fingerprint density at radius 2 is 2.35 bits per heavy atom. The zero-order valence-corrected chi connectivity index (χ0v) is 9.48. The summed E-state index contributed by atoms with van der Waals surface area (Å²) in [7, 11) is 0. The number of carbonyl (C=O) groups excluding carboxylic acids is 1. The Morgan fingerprint density at radius 1 is 1.47 bits per heavy atom. The number of ether oxygens (including phenoxy) is 1. The summed E-state index contributed by atoms with van der Waals surface area (Å²) >= 11 is 0. The number of hydrogen-bond donors (Lipinski definition) is 1. The molecule has 1 N–H and O–H groups in total. The Balaban J connectivity index is 1.84. The van der Waals surface area contributed by atoms with Crippen molar-refractivity contribution < 1.29 is 9.53 Å². The Kier molecular flexibility index (Phi) is 2.55. The quantitative estimate of drug-likeness (QED) is 0.821. The van der Waals surface area contributed by atoms with Gasteiger partial charge in [0.15, 0.2) is 0 Å². The van der Waals surface area contributed by atoms with Gasteiger partial charge in [-0.3, -0.25) is 9.89 Å². The molecule has 1 aromatic heterocycles. The molecule has 88 valence electrons. The van der Waals surface area contributed by atoms with Gasteiger partial charge in [0, 0.05) is 5.56 Å². The van der Waals surface area contributed by atoms with E-state index < -0.39 is 0 Å². The molecule has 2 aromatic rings. The van der Waals surface area contributed by atoms with Crippen LogP contribution in [0, 0.1) is 5.92 Å². The SMILES string of the molecule is O=Cc1ccc2[nH]nc(OCC3CCC3)c2c1. The number of fused-ring (bicyclic) bond motifs is 1. The summed E-state index contributed by atoms with van der Waals surface area (Å²) in [5.41, 5.74) is 1.55. The van der Waals surface area contributed by atoms with Crippen molar-refractivity contribution in [2.45, 2.75) is 19.3 Å². The highest BCUT2D eigenvalue weighted by molar-refractivity contribution is 5.89. The van der Waals surface area contributed by atoms with Gasteiger partial charge in [-0.25, -0.2) is 0 Å². The molecule has 4 heteroatoms. The molecule has 1 aliphatic rings. The molecule has 17 heavy (non-hydrogen) atoms. The summed E-state index contributed by atoms with van der Waals surface area (Å²) in [4.78, 5) is 10.7. The van der Waals surface area contributed by atoms with Crippen LogP contribution >= 0.6 is 0 Å². The molecular formula is C13H14N2O2. The molecule has 1 aliphatic carbocycles. The first-order valence-corrected chi connectivity index (χ1v) is 5.93. The summed E-state index contributed by atoms with van der Waals surface area (Å²) in [5.74, 6) is 1.28. The fourth-order valence-corrected chi connectivity index (χ4v) is 2.05. The van der Waals surface area contributed by atoms with Crippen molar-refractivity contribution in [3.63, 3.8) is 0 Å². The largest absolute Gasteiger partial charge is 0.476 e.